The van der Waals surface area contributed by atoms with Crippen molar-refractivity contribution < 1.29 is 5.11 Å². The van der Waals surface area contributed by atoms with Crippen LogP contribution in [0.1, 0.15) is 97.3 Å². The molecule has 0 aromatic heterocycles. The fourth-order valence-corrected chi connectivity index (χ4v) is 2.43. The number of aliphatic hydroxyl groups excluding tert-OH is 1. The molecule has 0 saturated carbocycles. The van der Waals surface area contributed by atoms with E-state index < -0.39 is 0 Å². The summed E-state index contributed by atoms with van der Waals surface area (Å²) in [7, 11) is 0. The molecule has 124 valence electrons. The Morgan fingerprint density at radius 2 is 1.24 bits per heavy atom. The van der Waals surface area contributed by atoms with Crippen LogP contribution < -0.4 is 0 Å². The average Bonchev–Trinajstić information content (AvgIpc) is 2.46. The van der Waals surface area contributed by atoms with Crippen molar-refractivity contribution >= 4 is 0 Å². The van der Waals surface area contributed by atoms with Gasteiger partial charge in [-0.2, -0.15) is 0 Å². The van der Waals surface area contributed by atoms with Crippen molar-refractivity contribution in [2.24, 2.45) is 0 Å². The van der Waals surface area contributed by atoms with Gasteiger partial charge in [-0.3, -0.25) is 0 Å². The highest BCUT2D eigenvalue weighted by atomic mass is 16.3. The molecule has 0 bridgehead atoms. The molecule has 0 radical (unpaired) electrons. The number of allylic oxidation sites excluding steroid dienone is 4. The van der Waals surface area contributed by atoms with E-state index in [2.05, 4.69) is 31.2 Å². The number of hydrogen-bond donors (Lipinski definition) is 1. The van der Waals surface area contributed by atoms with E-state index in [-0.39, 0.29) is 6.10 Å². The first-order valence-electron chi connectivity index (χ1n) is 9.25. The van der Waals surface area contributed by atoms with Gasteiger partial charge in [-0.05, 0) is 45.4 Å². The fraction of sp³-hybridized carbons (Fsp3) is 0.800. The van der Waals surface area contributed by atoms with Gasteiger partial charge in [0.05, 0.1) is 6.10 Å². The van der Waals surface area contributed by atoms with Crippen molar-refractivity contribution in [3.8, 4) is 0 Å². The highest BCUT2D eigenvalue weighted by Gasteiger charge is 1.95. The van der Waals surface area contributed by atoms with Gasteiger partial charge in [0.15, 0.2) is 0 Å². The Morgan fingerprint density at radius 1 is 0.714 bits per heavy atom. The van der Waals surface area contributed by atoms with Crippen molar-refractivity contribution in [3.63, 3.8) is 0 Å². The molecule has 0 aliphatic carbocycles. The summed E-state index contributed by atoms with van der Waals surface area (Å²) in [6, 6.07) is 0. The van der Waals surface area contributed by atoms with Crippen molar-refractivity contribution in [2.75, 3.05) is 0 Å². The zero-order chi connectivity index (χ0) is 15.6. The summed E-state index contributed by atoms with van der Waals surface area (Å²) in [5, 5.41) is 9.16. The van der Waals surface area contributed by atoms with Crippen LogP contribution in [-0.4, -0.2) is 11.2 Å². The van der Waals surface area contributed by atoms with Crippen molar-refractivity contribution in [2.45, 2.75) is 103 Å². The van der Waals surface area contributed by atoms with E-state index in [0.29, 0.717) is 0 Å². The largest absolute Gasteiger partial charge is 0.393 e. The van der Waals surface area contributed by atoms with Gasteiger partial charge < -0.3 is 5.11 Å². The summed E-state index contributed by atoms with van der Waals surface area (Å²) in [5.74, 6) is 0. The van der Waals surface area contributed by atoms with Gasteiger partial charge in [-0.15, -0.1) is 0 Å². The minimum Gasteiger partial charge on any atom is -0.393 e. The van der Waals surface area contributed by atoms with Crippen LogP contribution in [0.5, 0.6) is 0 Å². The molecular weight excluding hydrogens is 256 g/mol. The molecule has 21 heavy (non-hydrogen) atoms. The molecule has 0 fully saturated rings. The van der Waals surface area contributed by atoms with Crippen LogP contribution in [0.25, 0.3) is 0 Å². The van der Waals surface area contributed by atoms with E-state index in [0.717, 1.165) is 12.8 Å². The summed E-state index contributed by atoms with van der Waals surface area (Å²) >= 11 is 0. The lowest BCUT2D eigenvalue weighted by Crippen LogP contribution is -1.98. The highest BCUT2D eigenvalue weighted by molar-refractivity contribution is 4.92. The first-order chi connectivity index (χ1) is 10.3. The normalized spacial score (nSPS) is 13.5. The molecule has 1 unspecified atom stereocenters. The molecule has 1 atom stereocenters. The van der Waals surface area contributed by atoms with Crippen molar-refractivity contribution in [1.29, 1.82) is 0 Å². The monoisotopic (exact) mass is 294 g/mol. The molecule has 0 aliphatic heterocycles. The summed E-state index contributed by atoms with van der Waals surface area (Å²) in [4.78, 5) is 0. The van der Waals surface area contributed by atoms with E-state index >= 15 is 0 Å². The van der Waals surface area contributed by atoms with E-state index in [1.807, 2.05) is 6.92 Å². The molecule has 0 saturated heterocycles. The van der Waals surface area contributed by atoms with Crippen LogP contribution in [0.4, 0.5) is 0 Å². The van der Waals surface area contributed by atoms with Crippen molar-refractivity contribution in [3.05, 3.63) is 24.3 Å². The topological polar surface area (TPSA) is 20.2 Å². The van der Waals surface area contributed by atoms with Gasteiger partial charge >= 0.3 is 0 Å². The summed E-state index contributed by atoms with van der Waals surface area (Å²) in [6.45, 7) is 4.13. The Hall–Kier alpha value is -0.560. The van der Waals surface area contributed by atoms with Crippen molar-refractivity contribution in [1.82, 2.24) is 0 Å². The molecule has 0 aromatic carbocycles. The number of unbranched alkanes of at least 4 members (excludes halogenated alkanes) is 9. The van der Waals surface area contributed by atoms with Gasteiger partial charge in [0.1, 0.15) is 0 Å². The molecule has 0 heterocycles. The number of rotatable bonds is 15. The number of hydrogen-bond acceptors (Lipinski definition) is 1. The minimum absolute atomic E-state index is 0.115. The molecule has 1 N–H and O–H groups in total. The van der Waals surface area contributed by atoms with E-state index in [4.69, 9.17) is 5.11 Å². The maximum Gasteiger partial charge on any atom is 0.0512 e. The third kappa shape index (κ3) is 19.4. The second-order valence-corrected chi connectivity index (χ2v) is 6.22. The number of aliphatic hydroxyl groups is 1. The lowest BCUT2D eigenvalue weighted by atomic mass is 10.1. The Labute approximate surface area is 133 Å². The third-order valence-corrected chi connectivity index (χ3v) is 3.82. The quantitative estimate of drug-likeness (QED) is 0.267. The maximum absolute atomic E-state index is 9.16. The second-order valence-electron chi connectivity index (χ2n) is 6.22. The summed E-state index contributed by atoms with van der Waals surface area (Å²) < 4.78 is 0. The van der Waals surface area contributed by atoms with E-state index in [1.165, 1.54) is 70.6 Å². The molecular formula is C20H38O. The summed E-state index contributed by atoms with van der Waals surface area (Å²) in [5.41, 5.74) is 0. The lowest BCUT2D eigenvalue weighted by Gasteiger charge is -2.03. The standard InChI is InChI=1S/C20H38O/c1-3-4-5-6-7-8-9-10-11-12-13-14-15-16-17-18-19-20(2)21/h7-8,10-11,20-21H,3-6,9,12-19H2,1-2H3/b8-7-,11-10-. The smallest absolute Gasteiger partial charge is 0.0512 e. The van der Waals surface area contributed by atoms with Crippen LogP contribution >= 0.6 is 0 Å². The first-order valence-corrected chi connectivity index (χ1v) is 9.25. The maximum atomic E-state index is 9.16. The zero-order valence-corrected chi connectivity index (χ0v) is 14.5. The van der Waals surface area contributed by atoms with Crippen LogP contribution in [0.2, 0.25) is 0 Å². The summed E-state index contributed by atoms with van der Waals surface area (Å²) in [6.07, 6.45) is 25.5. The van der Waals surface area contributed by atoms with Crippen LogP contribution in [-0.2, 0) is 0 Å². The second kappa shape index (κ2) is 17.5. The third-order valence-electron chi connectivity index (χ3n) is 3.82. The zero-order valence-electron chi connectivity index (χ0n) is 14.5. The molecule has 0 rings (SSSR count). The first kappa shape index (κ1) is 20.4. The molecule has 1 heteroatoms. The van der Waals surface area contributed by atoms with Gasteiger partial charge in [0, 0.05) is 0 Å². The van der Waals surface area contributed by atoms with Gasteiger partial charge in [-0.25, -0.2) is 0 Å². The predicted molar refractivity (Wildman–Crippen MR) is 95.7 cm³/mol. The molecule has 1 nitrogen and oxygen atoms in total. The SMILES string of the molecule is CCCCC/C=C\C/C=C\CCCCCCCCC(C)O. The van der Waals surface area contributed by atoms with Crippen LogP contribution in [0, 0.1) is 0 Å². The molecule has 0 aromatic rings. The predicted octanol–water partition coefficient (Wildman–Crippen LogP) is 6.57. The molecule has 0 amide bonds. The fourth-order valence-electron chi connectivity index (χ4n) is 2.43. The van der Waals surface area contributed by atoms with E-state index in [9.17, 15) is 0 Å². The van der Waals surface area contributed by atoms with Gasteiger partial charge in [-0.1, -0.05) is 76.2 Å². The molecule has 0 spiro atoms. The lowest BCUT2D eigenvalue weighted by molar-refractivity contribution is 0.180. The Morgan fingerprint density at radius 3 is 1.81 bits per heavy atom. The molecule has 0 aliphatic rings. The van der Waals surface area contributed by atoms with E-state index in [1.54, 1.807) is 0 Å². The van der Waals surface area contributed by atoms with Crippen LogP contribution in [0.3, 0.4) is 0 Å². The Balaban J connectivity index is 3.15. The van der Waals surface area contributed by atoms with Gasteiger partial charge in [0.25, 0.3) is 0 Å². The minimum atomic E-state index is -0.115. The van der Waals surface area contributed by atoms with Gasteiger partial charge in [0.2, 0.25) is 0 Å². The average molecular weight is 295 g/mol. The van der Waals surface area contributed by atoms with Crippen LogP contribution in [0.15, 0.2) is 24.3 Å². The highest BCUT2D eigenvalue weighted by Crippen LogP contribution is 2.10. The Kier molecular flexibility index (Phi) is 17.0. The Bertz CT molecular complexity index is 240.